The van der Waals surface area contributed by atoms with Crippen molar-refractivity contribution in [1.29, 1.82) is 0 Å². The second-order valence-electron chi connectivity index (χ2n) is 18.1. The maximum absolute atomic E-state index is 2.79. The Hall–Kier alpha value is -0.860. The van der Waals surface area contributed by atoms with Crippen LogP contribution < -0.4 is 0 Å². The van der Waals surface area contributed by atoms with E-state index in [4.69, 9.17) is 0 Å². The zero-order valence-corrected chi connectivity index (χ0v) is 37.6. The van der Waals surface area contributed by atoms with Crippen LogP contribution in [-0.4, -0.2) is 0 Å². The quantitative estimate of drug-likeness (QED) is 0.0698. The van der Waals surface area contributed by atoms with Crippen LogP contribution >= 0.6 is 22.7 Å². The van der Waals surface area contributed by atoms with Gasteiger partial charge in [-0.05, 0) is 71.9 Å². The minimum absolute atomic E-state index is 0.210. The molecule has 2 aliphatic carbocycles. The molecule has 2 aromatic heterocycles. The minimum atomic E-state index is 0.210. The summed E-state index contributed by atoms with van der Waals surface area (Å²) >= 11 is 4.49. The Labute approximate surface area is 332 Å². The third-order valence-electron chi connectivity index (χ3n) is 13.2. The molecular weight excluding hydrogens is 665 g/mol. The van der Waals surface area contributed by atoms with E-state index in [1.54, 1.807) is 30.6 Å². The van der Waals surface area contributed by atoms with Gasteiger partial charge in [0.25, 0.3) is 0 Å². The molecule has 2 heterocycles. The van der Waals surface area contributed by atoms with Crippen molar-refractivity contribution in [3.8, 4) is 0 Å². The Morgan fingerprint density at radius 3 is 0.885 bits per heavy atom. The molecule has 0 saturated heterocycles. The molecule has 0 radical (unpaired) electrons. The number of rotatable bonds is 30. The average Bonchev–Trinajstić information content (AvgIpc) is 3.88. The fraction of sp³-hybridized carbons (Fsp3) is 0.800. The van der Waals surface area contributed by atoms with Gasteiger partial charge in [0.05, 0.1) is 0 Å². The molecule has 2 aromatic rings. The molecule has 2 heteroatoms. The van der Waals surface area contributed by atoms with Crippen molar-refractivity contribution in [3.63, 3.8) is 0 Å². The summed E-state index contributed by atoms with van der Waals surface area (Å²) in [7, 11) is 0. The summed E-state index contributed by atoms with van der Waals surface area (Å²) in [5, 5.41) is 0. The van der Waals surface area contributed by atoms with Crippen LogP contribution in [0.15, 0.2) is 12.1 Å². The predicted octanol–water partition coefficient (Wildman–Crippen LogP) is 18.5. The lowest BCUT2D eigenvalue weighted by atomic mass is 9.69. The summed E-state index contributed by atoms with van der Waals surface area (Å²) in [6.07, 6.45) is 39.0. The number of thiophene rings is 2. The minimum Gasteiger partial charge on any atom is -0.140 e. The normalized spacial score (nSPS) is 15.7. The van der Waals surface area contributed by atoms with Gasteiger partial charge < -0.3 is 0 Å². The second-order valence-corrected chi connectivity index (χ2v) is 20.2. The zero-order valence-electron chi connectivity index (χ0n) is 35.9. The fourth-order valence-electron chi connectivity index (χ4n) is 10.00. The van der Waals surface area contributed by atoms with Gasteiger partial charge in [-0.2, -0.15) is 0 Å². The largest absolute Gasteiger partial charge is 0.140 e. The standard InChI is InChI=1S/C50H84S2/c1-9-13-17-21-25-29-33-49(34-30-26-22-18-14-10-2)41-37-43(39(5)6)51-47(41)46-45(49)48-42(38-44(52-48)40(7)8)50(46,35-31-27-23-19-15-11-3)36-32-28-24-20-16-12-4/h37-40H,9-36H2,1-8H3. The number of hydrogen-bond acceptors (Lipinski definition) is 2. The van der Waals surface area contributed by atoms with Crippen molar-refractivity contribution in [2.75, 3.05) is 0 Å². The Bertz CT molecular complexity index is 1180. The van der Waals surface area contributed by atoms with Crippen molar-refractivity contribution in [3.05, 3.63) is 42.8 Å². The van der Waals surface area contributed by atoms with Crippen molar-refractivity contribution in [2.24, 2.45) is 0 Å². The van der Waals surface area contributed by atoms with Crippen molar-refractivity contribution < 1.29 is 0 Å². The monoisotopic (exact) mass is 749 g/mol. The zero-order chi connectivity index (χ0) is 37.4. The first-order valence-electron chi connectivity index (χ1n) is 23.4. The van der Waals surface area contributed by atoms with E-state index in [9.17, 15) is 0 Å². The van der Waals surface area contributed by atoms with E-state index in [0.717, 1.165) is 0 Å². The lowest BCUT2D eigenvalue weighted by molar-refractivity contribution is 0.419. The highest BCUT2D eigenvalue weighted by Gasteiger charge is 2.57. The maximum atomic E-state index is 2.79. The van der Waals surface area contributed by atoms with Gasteiger partial charge in [-0.3, -0.25) is 0 Å². The van der Waals surface area contributed by atoms with E-state index in [-0.39, 0.29) is 10.8 Å². The molecule has 0 spiro atoms. The van der Waals surface area contributed by atoms with Crippen molar-refractivity contribution in [1.82, 2.24) is 0 Å². The van der Waals surface area contributed by atoms with Gasteiger partial charge >= 0.3 is 0 Å². The fourth-order valence-corrected chi connectivity index (χ4v) is 12.8. The lowest BCUT2D eigenvalue weighted by Gasteiger charge is -2.34. The van der Waals surface area contributed by atoms with Crippen LogP contribution in [0.2, 0.25) is 0 Å². The number of unbranched alkanes of at least 4 members (excludes halogenated alkanes) is 20. The Balaban J connectivity index is 1.85. The van der Waals surface area contributed by atoms with E-state index >= 15 is 0 Å². The van der Waals surface area contributed by atoms with Gasteiger partial charge in [0.2, 0.25) is 0 Å². The maximum Gasteiger partial charge on any atom is 0.0359 e. The summed E-state index contributed by atoms with van der Waals surface area (Å²) in [6.45, 7) is 19.3. The van der Waals surface area contributed by atoms with Crippen molar-refractivity contribution >= 4 is 33.8 Å². The van der Waals surface area contributed by atoms with Crippen LogP contribution in [0.25, 0.3) is 11.1 Å². The molecule has 52 heavy (non-hydrogen) atoms. The molecule has 0 bridgehead atoms. The van der Waals surface area contributed by atoms with Crippen LogP contribution in [0.1, 0.15) is 278 Å². The molecule has 0 fully saturated rings. The molecule has 0 N–H and O–H groups in total. The molecule has 2 aliphatic rings. The molecule has 0 saturated carbocycles. The topological polar surface area (TPSA) is 0 Å². The van der Waals surface area contributed by atoms with Crippen molar-refractivity contribution in [2.45, 2.75) is 258 Å². The van der Waals surface area contributed by atoms with E-state index in [1.807, 2.05) is 11.1 Å². The van der Waals surface area contributed by atoms with Crippen LogP contribution in [0.4, 0.5) is 0 Å². The summed E-state index contributed by atoms with van der Waals surface area (Å²) in [5.74, 6) is 1.21. The number of fused-ring (bicyclic) bond motifs is 4. The van der Waals surface area contributed by atoms with E-state index in [0.29, 0.717) is 11.8 Å². The Kier molecular flexibility index (Phi) is 19.1. The van der Waals surface area contributed by atoms with Crippen LogP contribution in [0, 0.1) is 0 Å². The first-order chi connectivity index (χ1) is 25.3. The molecule has 0 amide bonds. The summed E-state index contributed by atoms with van der Waals surface area (Å²) in [5.41, 5.74) is 7.79. The highest BCUT2D eigenvalue weighted by molar-refractivity contribution is 7.15. The molecule has 0 atom stereocenters. The SMILES string of the molecule is CCCCCCCCC1(CCCCCCCC)C2=C(c3sc(C(C)C)cc31)C(CCCCCCCC)(CCCCCCCC)c1cc(C(C)C)sc12. The highest BCUT2D eigenvalue weighted by Crippen LogP contribution is 2.70. The van der Waals surface area contributed by atoms with Crippen LogP contribution in [0.3, 0.4) is 0 Å². The van der Waals surface area contributed by atoms with E-state index in [1.165, 1.54) is 180 Å². The lowest BCUT2D eigenvalue weighted by Crippen LogP contribution is -2.26. The Morgan fingerprint density at radius 1 is 0.385 bits per heavy atom. The summed E-state index contributed by atoms with van der Waals surface area (Å²) in [4.78, 5) is 6.83. The predicted molar refractivity (Wildman–Crippen MR) is 239 cm³/mol. The molecule has 0 aliphatic heterocycles. The summed E-state index contributed by atoms with van der Waals surface area (Å²) < 4.78 is 0. The molecule has 296 valence electrons. The van der Waals surface area contributed by atoms with E-state index < -0.39 is 0 Å². The molecule has 0 nitrogen and oxygen atoms in total. The molecular formula is C50H84S2. The highest BCUT2D eigenvalue weighted by atomic mass is 32.1. The third-order valence-corrected chi connectivity index (χ3v) is 16.1. The first kappa shape index (κ1) is 43.9. The first-order valence-corrected chi connectivity index (χ1v) is 25.0. The van der Waals surface area contributed by atoms with Crippen LogP contribution in [-0.2, 0) is 10.8 Å². The third kappa shape index (κ3) is 10.7. The number of allylic oxidation sites excluding steroid dienone is 2. The second kappa shape index (κ2) is 22.6. The molecule has 4 rings (SSSR count). The van der Waals surface area contributed by atoms with Crippen LogP contribution in [0.5, 0.6) is 0 Å². The average molecular weight is 749 g/mol. The van der Waals surface area contributed by atoms with Gasteiger partial charge in [0.15, 0.2) is 0 Å². The van der Waals surface area contributed by atoms with Gasteiger partial charge in [0.1, 0.15) is 0 Å². The summed E-state index contributed by atoms with van der Waals surface area (Å²) in [6, 6.07) is 5.57. The number of hydrogen-bond donors (Lipinski definition) is 0. The smallest absolute Gasteiger partial charge is 0.0359 e. The van der Waals surface area contributed by atoms with Gasteiger partial charge in [-0.25, -0.2) is 0 Å². The van der Waals surface area contributed by atoms with E-state index in [2.05, 4.69) is 90.2 Å². The van der Waals surface area contributed by atoms with Gasteiger partial charge in [-0.1, -0.05) is 209 Å². The molecule has 0 unspecified atom stereocenters. The van der Waals surface area contributed by atoms with Gasteiger partial charge in [0, 0.05) is 30.3 Å². The Morgan fingerprint density at radius 2 is 0.635 bits per heavy atom. The molecule has 0 aromatic carbocycles. The van der Waals surface area contributed by atoms with Gasteiger partial charge in [-0.15, -0.1) is 22.7 Å².